The van der Waals surface area contributed by atoms with E-state index in [1.54, 1.807) is 25.7 Å². The van der Waals surface area contributed by atoms with Crippen molar-refractivity contribution in [2.75, 3.05) is 19.7 Å². The van der Waals surface area contributed by atoms with Gasteiger partial charge in [0.2, 0.25) is 5.91 Å². The summed E-state index contributed by atoms with van der Waals surface area (Å²) in [5.41, 5.74) is -0.766. The molecular formula is C16H27N3O8. The Morgan fingerprint density at radius 1 is 1.37 bits per heavy atom. The van der Waals surface area contributed by atoms with Crippen LogP contribution in [0.2, 0.25) is 0 Å². The number of carboxylic acids is 1. The Hall–Kier alpha value is -2.59. The molecule has 27 heavy (non-hydrogen) atoms. The van der Waals surface area contributed by atoms with Gasteiger partial charge >= 0.3 is 12.1 Å². The number of piperidine rings is 1. The lowest BCUT2D eigenvalue weighted by Gasteiger charge is -2.32. The van der Waals surface area contributed by atoms with Crippen LogP contribution in [0.3, 0.4) is 0 Å². The van der Waals surface area contributed by atoms with E-state index in [4.69, 9.17) is 4.74 Å². The Balaban J connectivity index is 2.50. The van der Waals surface area contributed by atoms with Crippen molar-refractivity contribution in [3.05, 3.63) is 10.1 Å². The maximum absolute atomic E-state index is 12.3. The molecule has 0 bridgehead atoms. The summed E-state index contributed by atoms with van der Waals surface area (Å²) in [6.07, 6.45) is 0.388. The molecule has 0 spiro atoms. The van der Waals surface area contributed by atoms with Gasteiger partial charge in [0.1, 0.15) is 18.2 Å². The number of carbonyl (C=O) groups is 3. The second-order valence-corrected chi connectivity index (χ2v) is 7.44. The molecule has 0 radical (unpaired) electrons. The van der Waals surface area contributed by atoms with Gasteiger partial charge in [0.15, 0.2) is 0 Å². The Morgan fingerprint density at radius 3 is 2.59 bits per heavy atom. The minimum absolute atomic E-state index is 0.0738. The van der Waals surface area contributed by atoms with Crippen molar-refractivity contribution in [3.63, 3.8) is 0 Å². The molecule has 0 aromatic carbocycles. The lowest BCUT2D eigenvalue weighted by atomic mass is 9.98. The molecule has 1 saturated heterocycles. The molecule has 2 N–H and O–H groups in total. The third-order valence-corrected chi connectivity index (χ3v) is 3.92. The summed E-state index contributed by atoms with van der Waals surface area (Å²) in [7, 11) is 0. The molecule has 2 amide bonds. The normalized spacial score (nSPS) is 18.3. The predicted octanol–water partition coefficient (Wildman–Crippen LogP) is 1.19. The van der Waals surface area contributed by atoms with Crippen LogP contribution in [0.15, 0.2) is 0 Å². The number of carboxylic acid groups (broad SMARTS) is 1. The first-order valence-corrected chi connectivity index (χ1v) is 8.75. The van der Waals surface area contributed by atoms with E-state index in [0.29, 0.717) is 19.5 Å². The van der Waals surface area contributed by atoms with Crippen molar-refractivity contribution in [2.45, 2.75) is 58.1 Å². The predicted molar refractivity (Wildman–Crippen MR) is 92.3 cm³/mol. The van der Waals surface area contributed by atoms with Gasteiger partial charge in [-0.2, -0.15) is 0 Å². The second kappa shape index (κ2) is 9.93. The fraction of sp³-hybridized carbons (Fsp3) is 0.812. The van der Waals surface area contributed by atoms with Crippen molar-refractivity contribution in [1.29, 1.82) is 0 Å². The van der Waals surface area contributed by atoms with E-state index in [-0.39, 0.29) is 31.3 Å². The van der Waals surface area contributed by atoms with E-state index in [2.05, 4.69) is 10.2 Å². The first-order valence-electron chi connectivity index (χ1n) is 8.75. The van der Waals surface area contributed by atoms with Gasteiger partial charge in [0.25, 0.3) is 5.09 Å². The highest BCUT2D eigenvalue weighted by molar-refractivity contribution is 5.82. The molecule has 1 unspecified atom stereocenters. The van der Waals surface area contributed by atoms with Crippen molar-refractivity contribution in [3.8, 4) is 0 Å². The summed E-state index contributed by atoms with van der Waals surface area (Å²) in [6.45, 7) is 5.72. The van der Waals surface area contributed by atoms with E-state index in [9.17, 15) is 29.6 Å². The minimum atomic E-state index is -1.26. The molecule has 1 rings (SSSR count). The minimum Gasteiger partial charge on any atom is -0.480 e. The molecule has 0 aromatic rings. The molecular weight excluding hydrogens is 362 g/mol. The molecule has 1 heterocycles. The molecule has 0 saturated carbocycles. The topological polar surface area (TPSA) is 148 Å². The number of likely N-dealkylation sites (tertiary alicyclic amines) is 1. The van der Waals surface area contributed by atoms with Crippen LogP contribution >= 0.6 is 0 Å². The highest BCUT2D eigenvalue weighted by atomic mass is 16.9. The molecule has 1 aliphatic rings. The zero-order valence-electron chi connectivity index (χ0n) is 15.8. The SMILES string of the molecule is CC(C)(C)OC(=O)N[C@@H](CCC(=O)N1CCCC(CO[N+](=O)[O-])C1)C(=O)O. The van der Waals surface area contributed by atoms with Crippen LogP contribution in [0.25, 0.3) is 0 Å². The molecule has 0 aliphatic carbocycles. The molecule has 11 heteroatoms. The molecule has 11 nitrogen and oxygen atoms in total. The Labute approximate surface area is 157 Å². The average molecular weight is 389 g/mol. The maximum Gasteiger partial charge on any atom is 0.408 e. The van der Waals surface area contributed by atoms with Gasteiger partial charge in [0, 0.05) is 25.4 Å². The Morgan fingerprint density at radius 2 is 2.04 bits per heavy atom. The average Bonchev–Trinajstić information content (AvgIpc) is 2.54. The van der Waals surface area contributed by atoms with Crippen molar-refractivity contribution in [1.82, 2.24) is 10.2 Å². The van der Waals surface area contributed by atoms with Crippen LogP contribution in [-0.4, -0.2) is 64.4 Å². The summed E-state index contributed by atoms with van der Waals surface area (Å²) in [5, 5.41) is 20.9. The number of nitrogens with zero attached hydrogens (tertiary/aromatic N) is 2. The molecule has 1 fully saturated rings. The van der Waals surface area contributed by atoms with Gasteiger partial charge in [-0.1, -0.05) is 0 Å². The van der Waals surface area contributed by atoms with Gasteiger partial charge in [-0.05, 0) is 40.0 Å². The number of rotatable bonds is 8. The standard InChI is InChI=1S/C16H27N3O8/c1-16(2,3)27-15(23)17-12(14(21)22)6-7-13(20)18-8-4-5-11(9-18)10-26-19(24)25/h11-12H,4-10H2,1-3H3,(H,17,23)(H,21,22)/t11?,12-/m0/s1. The van der Waals surface area contributed by atoms with E-state index in [1.807, 2.05) is 0 Å². The van der Waals surface area contributed by atoms with E-state index in [0.717, 1.165) is 6.42 Å². The van der Waals surface area contributed by atoms with Gasteiger partial charge in [-0.3, -0.25) is 4.79 Å². The van der Waals surface area contributed by atoms with Gasteiger partial charge in [-0.15, -0.1) is 10.1 Å². The zero-order chi connectivity index (χ0) is 20.6. The molecule has 2 atom stereocenters. The van der Waals surface area contributed by atoms with Crippen molar-refractivity contribution in [2.24, 2.45) is 5.92 Å². The number of hydrogen-bond acceptors (Lipinski definition) is 7. The summed E-state index contributed by atoms with van der Waals surface area (Å²) in [5.74, 6) is -1.66. The van der Waals surface area contributed by atoms with Crippen LogP contribution in [0.4, 0.5) is 4.79 Å². The van der Waals surface area contributed by atoms with E-state index in [1.165, 1.54) is 0 Å². The number of hydrogen-bond donors (Lipinski definition) is 2. The maximum atomic E-state index is 12.3. The number of nitrogens with one attached hydrogen (secondary N) is 1. The third kappa shape index (κ3) is 9.06. The number of carbonyl (C=O) groups excluding carboxylic acids is 2. The molecule has 0 aromatic heterocycles. The first-order chi connectivity index (χ1) is 12.5. The van der Waals surface area contributed by atoms with Crippen LogP contribution in [0.1, 0.15) is 46.5 Å². The number of amides is 2. The van der Waals surface area contributed by atoms with Gasteiger partial charge in [-0.25, -0.2) is 9.59 Å². The fourth-order valence-electron chi connectivity index (χ4n) is 2.73. The molecule has 1 aliphatic heterocycles. The number of aliphatic carboxylic acids is 1. The quantitative estimate of drug-likeness (QED) is 0.464. The second-order valence-electron chi connectivity index (χ2n) is 7.44. The lowest BCUT2D eigenvalue weighted by Crippen LogP contribution is -2.45. The number of alkyl carbamates (subject to hydrolysis) is 1. The summed E-state index contributed by atoms with van der Waals surface area (Å²) >= 11 is 0. The van der Waals surface area contributed by atoms with Crippen molar-refractivity contribution >= 4 is 18.0 Å². The highest BCUT2D eigenvalue weighted by Gasteiger charge is 2.28. The first kappa shape index (κ1) is 22.5. The van der Waals surface area contributed by atoms with Gasteiger partial charge in [0.05, 0.1) is 0 Å². The monoisotopic (exact) mass is 389 g/mol. The Bertz CT molecular complexity index is 560. The smallest absolute Gasteiger partial charge is 0.408 e. The third-order valence-electron chi connectivity index (χ3n) is 3.92. The summed E-state index contributed by atoms with van der Waals surface area (Å²) < 4.78 is 5.02. The highest BCUT2D eigenvalue weighted by Crippen LogP contribution is 2.18. The van der Waals surface area contributed by atoms with Gasteiger partial charge < -0.3 is 24.9 Å². The lowest BCUT2D eigenvalue weighted by molar-refractivity contribution is -0.759. The molecule has 154 valence electrons. The van der Waals surface area contributed by atoms with Crippen molar-refractivity contribution < 1.29 is 34.2 Å². The summed E-state index contributed by atoms with van der Waals surface area (Å²) in [6, 6.07) is -1.25. The fourth-order valence-corrected chi connectivity index (χ4v) is 2.73. The van der Waals surface area contributed by atoms with E-state index >= 15 is 0 Å². The largest absolute Gasteiger partial charge is 0.480 e. The van der Waals surface area contributed by atoms with Crippen LogP contribution in [-0.2, 0) is 19.2 Å². The summed E-state index contributed by atoms with van der Waals surface area (Å²) in [4.78, 5) is 51.6. The van der Waals surface area contributed by atoms with Crippen LogP contribution in [0.5, 0.6) is 0 Å². The Kier molecular flexibility index (Phi) is 8.26. The van der Waals surface area contributed by atoms with Crippen LogP contribution in [0, 0.1) is 16.0 Å². The number of ether oxygens (including phenoxy) is 1. The zero-order valence-corrected chi connectivity index (χ0v) is 15.8. The van der Waals surface area contributed by atoms with Crippen LogP contribution < -0.4 is 5.32 Å². The van der Waals surface area contributed by atoms with E-state index < -0.39 is 28.8 Å².